The predicted molar refractivity (Wildman–Crippen MR) is 81.6 cm³/mol. The average Bonchev–Trinajstić information content (AvgIpc) is 2.49. The molecule has 6 nitrogen and oxygen atoms in total. The molecule has 4 N–H and O–H groups in total. The summed E-state index contributed by atoms with van der Waals surface area (Å²) in [6.07, 6.45) is 1.02. The number of rotatable bonds is 8. The standard InChI is InChI=1S/C15H23N3O3/c1-11(2)7-9-21-10-8-17-15(19)13-5-3-12(4-6-13)14(16)18-20/h3-6,11,20H,7-10H2,1-2H3,(H2,16,18)(H,17,19). The van der Waals surface area contributed by atoms with E-state index < -0.39 is 0 Å². The maximum Gasteiger partial charge on any atom is 0.251 e. The summed E-state index contributed by atoms with van der Waals surface area (Å²) in [5.41, 5.74) is 6.53. The first-order valence-electron chi connectivity index (χ1n) is 6.98. The number of nitrogens with one attached hydrogen (secondary N) is 1. The van der Waals surface area contributed by atoms with Crippen molar-refractivity contribution in [2.75, 3.05) is 19.8 Å². The maximum atomic E-state index is 11.9. The van der Waals surface area contributed by atoms with Gasteiger partial charge in [-0.25, -0.2) is 0 Å². The van der Waals surface area contributed by atoms with E-state index in [0.29, 0.717) is 36.8 Å². The molecule has 1 amide bonds. The van der Waals surface area contributed by atoms with E-state index >= 15 is 0 Å². The van der Waals surface area contributed by atoms with Gasteiger partial charge in [-0.05, 0) is 24.5 Å². The lowest BCUT2D eigenvalue weighted by atomic mass is 10.1. The number of oxime groups is 1. The molecular weight excluding hydrogens is 270 g/mol. The van der Waals surface area contributed by atoms with Gasteiger partial charge in [0.2, 0.25) is 0 Å². The number of nitrogens with two attached hydrogens (primary N) is 1. The molecule has 0 saturated heterocycles. The molecular formula is C15H23N3O3. The summed E-state index contributed by atoms with van der Waals surface area (Å²) in [6, 6.07) is 6.51. The Morgan fingerprint density at radius 1 is 1.29 bits per heavy atom. The van der Waals surface area contributed by atoms with E-state index in [2.05, 4.69) is 24.3 Å². The van der Waals surface area contributed by atoms with E-state index in [1.807, 2.05) is 0 Å². The lowest BCUT2D eigenvalue weighted by Gasteiger charge is -2.08. The summed E-state index contributed by atoms with van der Waals surface area (Å²) < 4.78 is 5.42. The van der Waals surface area contributed by atoms with Crippen molar-refractivity contribution in [2.24, 2.45) is 16.8 Å². The molecule has 1 aromatic carbocycles. The van der Waals surface area contributed by atoms with Crippen molar-refractivity contribution in [1.29, 1.82) is 0 Å². The Morgan fingerprint density at radius 2 is 1.90 bits per heavy atom. The van der Waals surface area contributed by atoms with Crippen LogP contribution in [-0.4, -0.2) is 36.7 Å². The van der Waals surface area contributed by atoms with Crippen molar-refractivity contribution >= 4 is 11.7 Å². The highest BCUT2D eigenvalue weighted by Crippen LogP contribution is 2.04. The fourth-order valence-electron chi connectivity index (χ4n) is 1.61. The zero-order chi connectivity index (χ0) is 15.7. The first-order chi connectivity index (χ1) is 10.0. The minimum atomic E-state index is -0.173. The number of amidine groups is 1. The number of carbonyl (C=O) groups excluding carboxylic acids is 1. The van der Waals surface area contributed by atoms with Crippen LogP contribution in [0, 0.1) is 5.92 Å². The van der Waals surface area contributed by atoms with Crippen molar-refractivity contribution in [2.45, 2.75) is 20.3 Å². The number of carbonyl (C=O) groups is 1. The quantitative estimate of drug-likeness (QED) is 0.223. The molecule has 0 bridgehead atoms. The number of amides is 1. The number of hydrogen-bond donors (Lipinski definition) is 3. The number of ether oxygens (including phenoxy) is 1. The topological polar surface area (TPSA) is 96.9 Å². The second kappa shape index (κ2) is 8.97. The third kappa shape index (κ3) is 6.27. The second-order valence-corrected chi connectivity index (χ2v) is 5.11. The van der Waals surface area contributed by atoms with Crippen LogP contribution < -0.4 is 11.1 Å². The largest absolute Gasteiger partial charge is 0.409 e. The smallest absolute Gasteiger partial charge is 0.251 e. The normalized spacial score (nSPS) is 11.7. The third-order valence-corrected chi connectivity index (χ3v) is 2.92. The van der Waals surface area contributed by atoms with Gasteiger partial charge in [0, 0.05) is 24.3 Å². The predicted octanol–water partition coefficient (Wildman–Crippen LogP) is 1.57. The van der Waals surface area contributed by atoms with Crippen molar-refractivity contribution in [3.63, 3.8) is 0 Å². The van der Waals surface area contributed by atoms with E-state index in [9.17, 15) is 4.79 Å². The van der Waals surface area contributed by atoms with E-state index in [0.717, 1.165) is 6.42 Å². The molecule has 0 atom stereocenters. The Bertz CT molecular complexity index is 470. The highest BCUT2D eigenvalue weighted by atomic mass is 16.5. The molecule has 1 aromatic rings. The Morgan fingerprint density at radius 3 is 2.48 bits per heavy atom. The van der Waals surface area contributed by atoms with E-state index in [-0.39, 0.29) is 11.7 Å². The number of hydrogen-bond acceptors (Lipinski definition) is 4. The highest BCUT2D eigenvalue weighted by molar-refractivity contribution is 5.99. The summed E-state index contributed by atoms with van der Waals surface area (Å²) in [5, 5.41) is 14.2. The van der Waals surface area contributed by atoms with Gasteiger partial charge in [-0.15, -0.1) is 0 Å². The van der Waals surface area contributed by atoms with Crippen LogP contribution >= 0.6 is 0 Å². The number of benzene rings is 1. The average molecular weight is 293 g/mol. The highest BCUT2D eigenvalue weighted by Gasteiger charge is 2.06. The van der Waals surface area contributed by atoms with Gasteiger partial charge in [0.25, 0.3) is 5.91 Å². The Kier molecular flexibility index (Phi) is 7.25. The van der Waals surface area contributed by atoms with Gasteiger partial charge < -0.3 is 21.0 Å². The lowest BCUT2D eigenvalue weighted by Crippen LogP contribution is -2.27. The Hall–Kier alpha value is -2.08. The molecule has 0 aliphatic rings. The van der Waals surface area contributed by atoms with E-state index in [1.165, 1.54) is 0 Å². The summed E-state index contributed by atoms with van der Waals surface area (Å²) in [4.78, 5) is 11.9. The Labute approximate surface area is 125 Å². The molecule has 0 aromatic heterocycles. The van der Waals surface area contributed by atoms with Gasteiger partial charge in [-0.1, -0.05) is 31.1 Å². The van der Waals surface area contributed by atoms with Gasteiger partial charge in [0.1, 0.15) is 0 Å². The van der Waals surface area contributed by atoms with Crippen molar-refractivity contribution in [3.05, 3.63) is 35.4 Å². The van der Waals surface area contributed by atoms with Crippen LogP contribution in [0.25, 0.3) is 0 Å². The molecule has 116 valence electrons. The molecule has 6 heteroatoms. The van der Waals surface area contributed by atoms with Crippen molar-refractivity contribution in [1.82, 2.24) is 5.32 Å². The van der Waals surface area contributed by atoms with Crippen LogP contribution in [0.15, 0.2) is 29.4 Å². The van der Waals surface area contributed by atoms with Gasteiger partial charge in [0.05, 0.1) is 6.61 Å². The molecule has 21 heavy (non-hydrogen) atoms. The van der Waals surface area contributed by atoms with Crippen LogP contribution in [0.1, 0.15) is 36.2 Å². The van der Waals surface area contributed by atoms with Gasteiger partial charge in [-0.2, -0.15) is 0 Å². The molecule has 0 unspecified atom stereocenters. The summed E-state index contributed by atoms with van der Waals surface area (Å²) in [6.45, 7) is 5.97. The molecule has 0 radical (unpaired) electrons. The molecule has 0 aliphatic carbocycles. The fourth-order valence-corrected chi connectivity index (χ4v) is 1.61. The second-order valence-electron chi connectivity index (χ2n) is 5.11. The lowest BCUT2D eigenvalue weighted by molar-refractivity contribution is 0.0906. The molecule has 1 rings (SSSR count). The van der Waals surface area contributed by atoms with E-state index in [1.54, 1.807) is 24.3 Å². The minimum absolute atomic E-state index is 0.0144. The summed E-state index contributed by atoms with van der Waals surface area (Å²) in [7, 11) is 0. The SMILES string of the molecule is CC(C)CCOCCNC(=O)c1ccc(C(N)=NO)cc1. The number of nitrogens with zero attached hydrogens (tertiary/aromatic N) is 1. The molecule has 0 heterocycles. The van der Waals surface area contributed by atoms with Gasteiger partial charge >= 0.3 is 0 Å². The first-order valence-corrected chi connectivity index (χ1v) is 6.98. The van der Waals surface area contributed by atoms with Crippen LogP contribution in [0.3, 0.4) is 0 Å². The monoisotopic (exact) mass is 293 g/mol. The zero-order valence-corrected chi connectivity index (χ0v) is 12.5. The molecule has 0 fully saturated rings. The fraction of sp³-hybridized carbons (Fsp3) is 0.467. The van der Waals surface area contributed by atoms with Gasteiger partial charge in [-0.3, -0.25) is 4.79 Å². The maximum absolute atomic E-state index is 11.9. The summed E-state index contributed by atoms with van der Waals surface area (Å²) >= 11 is 0. The summed E-state index contributed by atoms with van der Waals surface area (Å²) in [5.74, 6) is 0.460. The van der Waals surface area contributed by atoms with Gasteiger partial charge in [0.15, 0.2) is 5.84 Å². The van der Waals surface area contributed by atoms with Crippen LogP contribution in [-0.2, 0) is 4.74 Å². The first kappa shape index (κ1) is 17.0. The molecule has 0 aliphatic heterocycles. The van der Waals surface area contributed by atoms with Crippen LogP contribution in [0.4, 0.5) is 0 Å². The van der Waals surface area contributed by atoms with Crippen molar-refractivity contribution in [3.8, 4) is 0 Å². The van der Waals surface area contributed by atoms with Crippen molar-refractivity contribution < 1.29 is 14.7 Å². The zero-order valence-electron chi connectivity index (χ0n) is 12.5. The van der Waals surface area contributed by atoms with Crippen LogP contribution in [0.2, 0.25) is 0 Å². The van der Waals surface area contributed by atoms with E-state index in [4.69, 9.17) is 15.7 Å². The third-order valence-electron chi connectivity index (χ3n) is 2.92. The Balaban J connectivity index is 2.32. The molecule has 0 spiro atoms. The van der Waals surface area contributed by atoms with Crippen LogP contribution in [0.5, 0.6) is 0 Å². The molecule has 0 saturated carbocycles. The minimum Gasteiger partial charge on any atom is -0.409 e.